The summed E-state index contributed by atoms with van der Waals surface area (Å²) in [6.07, 6.45) is 0. The minimum absolute atomic E-state index is 0.0685. The van der Waals surface area contributed by atoms with E-state index in [9.17, 15) is 0 Å². The average Bonchev–Trinajstić information content (AvgIpc) is 2.19. The van der Waals surface area contributed by atoms with Crippen LogP contribution in [0.2, 0.25) is 0 Å². The van der Waals surface area contributed by atoms with E-state index < -0.39 is 0 Å². The molecule has 0 aliphatic rings. The van der Waals surface area contributed by atoms with Crippen LogP contribution in [0, 0.1) is 0 Å². The van der Waals surface area contributed by atoms with Crippen LogP contribution in [-0.2, 0) is 5.41 Å². The summed E-state index contributed by atoms with van der Waals surface area (Å²) >= 11 is 0. The second-order valence-corrected chi connectivity index (χ2v) is 4.99. The van der Waals surface area contributed by atoms with Crippen molar-refractivity contribution in [2.24, 2.45) is 5.73 Å². The Kier molecular flexibility index (Phi) is 3.89. The fourth-order valence-electron chi connectivity index (χ4n) is 1.57. The highest BCUT2D eigenvalue weighted by Crippen LogP contribution is 2.24. The van der Waals surface area contributed by atoms with Crippen molar-refractivity contribution in [1.82, 2.24) is 0 Å². The molecular formula is C13H21NO. The van der Waals surface area contributed by atoms with Gasteiger partial charge in [0.1, 0.15) is 0 Å². The van der Waals surface area contributed by atoms with E-state index >= 15 is 0 Å². The van der Waals surface area contributed by atoms with Gasteiger partial charge in [0.05, 0.1) is 6.61 Å². The van der Waals surface area contributed by atoms with E-state index in [1.165, 1.54) is 5.56 Å². The molecule has 0 bridgehead atoms. The highest BCUT2D eigenvalue weighted by atomic mass is 16.3. The molecule has 2 heteroatoms. The standard InChI is InChI=1S/C13H21NO/c1-13(2,3)12-6-4-10(5-7-12)11(8-14)9-15/h4-7,11,15H,8-9,14H2,1-3H3/t11-/m1/s1. The smallest absolute Gasteiger partial charge is 0.0511 e. The van der Waals surface area contributed by atoms with Crippen molar-refractivity contribution in [3.05, 3.63) is 35.4 Å². The van der Waals surface area contributed by atoms with Gasteiger partial charge in [-0.25, -0.2) is 0 Å². The van der Waals surface area contributed by atoms with Gasteiger partial charge in [-0.05, 0) is 16.5 Å². The fraction of sp³-hybridized carbons (Fsp3) is 0.538. The molecule has 15 heavy (non-hydrogen) atoms. The van der Waals surface area contributed by atoms with E-state index in [1.807, 2.05) is 0 Å². The van der Waals surface area contributed by atoms with Crippen LogP contribution in [0.1, 0.15) is 37.8 Å². The lowest BCUT2D eigenvalue weighted by atomic mass is 9.85. The normalized spacial score (nSPS) is 13.9. The van der Waals surface area contributed by atoms with Crippen LogP contribution in [0.25, 0.3) is 0 Å². The molecule has 3 N–H and O–H groups in total. The summed E-state index contributed by atoms with van der Waals surface area (Å²) < 4.78 is 0. The van der Waals surface area contributed by atoms with Crippen molar-refractivity contribution in [3.63, 3.8) is 0 Å². The molecule has 0 aliphatic heterocycles. The summed E-state index contributed by atoms with van der Waals surface area (Å²) in [6.45, 7) is 7.17. The van der Waals surface area contributed by atoms with Crippen molar-refractivity contribution in [1.29, 1.82) is 0 Å². The molecule has 1 rings (SSSR count). The molecule has 2 nitrogen and oxygen atoms in total. The number of aliphatic hydroxyl groups is 1. The Morgan fingerprint density at radius 3 is 2.07 bits per heavy atom. The number of benzene rings is 1. The van der Waals surface area contributed by atoms with E-state index in [4.69, 9.17) is 10.8 Å². The van der Waals surface area contributed by atoms with Crippen LogP contribution in [0.4, 0.5) is 0 Å². The first-order valence-corrected chi connectivity index (χ1v) is 5.40. The molecule has 0 fully saturated rings. The fourth-order valence-corrected chi connectivity index (χ4v) is 1.57. The Bertz CT molecular complexity index is 293. The summed E-state index contributed by atoms with van der Waals surface area (Å²) in [5, 5.41) is 9.13. The van der Waals surface area contributed by atoms with Gasteiger partial charge in [-0.15, -0.1) is 0 Å². The summed E-state index contributed by atoms with van der Waals surface area (Å²) in [5.41, 5.74) is 8.18. The summed E-state index contributed by atoms with van der Waals surface area (Å²) in [6, 6.07) is 8.37. The molecule has 84 valence electrons. The summed E-state index contributed by atoms with van der Waals surface area (Å²) in [4.78, 5) is 0. The van der Waals surface area contributed by atoms with E-state index in [0.717, 1.165) is 5.56 Å². The van der Waals surface area contributed by atoms with Gasteiger partial charge in [0.15, 0.2) is 0 Å². The van der Waals surface area contributed by atoms with E-state index in [1.54, 1.807) is 0 Å². The molecule has 0 amide bonds. The Morgan fingerprint density at radius 1 is 1.20 bits per heavy atom. The van der Waals surface area contributed by atoms with E-state index in [-0.39, 0.29) is 17.9 Å². The highest BCUT2D eigenvalue weighted by molar-refractivity contribution is 5.29. The first-order chi connectivity index (χ1) is 6.99. The van der Waals surface area contributed by atoms with Crippen molar-refractivity contribution in [2.45, 2.75) is 32.1 Å². The Morgan fingerprint density at radius 2 is 1.73 bits per heavy atom. The molecule has 1 aromatic carbocycles. The number of aliphatic hydroxyl groups excluding tert-OH is 1. The third-order valence-corrected chi connectivity index (χ3v) is 2.75. The summed E-state index contributed by atoms with van der Waals surface area (Å²) in [5.74, 6) is 0.0685. The number of nitrogens with two attached hydrogens (primary N) is 1. The molecule has 0 aliphatic carbocycles. The van der Waals surface area contributed by atoms with E-state index in [2.05, 4.69) is 45.0 Å². The Balaban J connectivity index is 2.89. The second kappa shape index (κ2) is 4.77. The van der Waals surface area contributed by atoms with Crippen LogP contribution in [0.3, 0.4) is 0 Å². The molecule has 0 spiro atoms. The molecular weight excluding hydrogens is 186 g/mol. The van der Waals surface area contributed by atoms with E-state index in [0.29, 0.717) is 6.54 Å². The minimum Gasteiger partial charge on any atom is -0.396 e. The van der Waals surface area contributed by atoms with Crippen molar-refractivity contribution in [2.75, 3.05) is 13.2 Å². The highest BCUT2D eigenvalue weighted by Gasteiger charge is 2.14. The maximum atomic E-state index is 9.13. The van der Waals surface area contributed by atoms with Gasteiger partial charge in [0.2, 0.25) is 0 Å². The first kappa shape index (κ1) is 12.2. The molecule has 0 saturated heterocycles. The van der Waals surface area contributed by atoms with Gasteiger partial charge in [0, 0.05) is 12.5 Å². The molecule has 0 heterocycles. The monoisotopic (exact) mass is 207 g/mol. The zero-order chi connectivity index (χ0) is 11.5. The number of rotatable bonds is 3. The van der Waals surface area contributed by atoms with Crippen molar-refractivity contribution < 1.29 is 5.11 Å². The SMILES string of the molecule is CC(C)(C)c1ccc([C@H](CN)CO)cc1. The zero-order valence-electron chi connectivity index (χ0n) is 9.83. The van der Waals surface area contributed by atoms with Crippen LogP contribution in [-0.4, -0.2) is 18.3 Å². The maximum absolute atomic E-state index is 9.13. The van der Waals surface area contributed by atoms with Crippen molar-refractivity contribution >= 4 is 0 Å². The average molecular weight is 207 g/mol. The number of hydrogen-bond acceptors (Lipinski definition) is 2. The molecule has 0 radical (unpaired) electrons. The number of hydrogen-bond donors (Lipinski definition) is 2. The van der Waals surface area contributed by atoms with Gasteiger partial charge < -0.3 is 10.8 Å². The van der Waals surface area contributed by atoms with Gasteiger partial charge in [-0.3, -0.25) is 0 Å². The lowest BCUT2D eigenvalue weighted by molar-refractivity contribution is 0.268. The summed E-state index contributed by atoms with van der Waals surface area (Å²) in [7, 11) is 0. The van der Waals surface area contributed by atoms with Crippen LogP contribution in [0.15, 0.2) is 24.3 Å². The largest absolute Gasteiger partial charge is 0.396 e. The Labute approximate surface area is 92.1 Å². The quantitative estimate of drug-likeness (QED) is 0.796. The maximum Gasteiger partial charge on any atom is 0.0511 e. The Hall–Kier alpha value is -0.860. The van der Waals surface area contributed by atoms with Crippen molar-refractivity contribution in [3.8, 4) is 0 Å². The minimum atomic E-state index is 0.0685. The van der Waals surface area contributed by atoms with Crippen LogP contribution >= 0.6 is 0 Å². The third kappa shape index (κ3) is 3.05. The molecule has 0 unspecified atom stereocenters. The first-order valence-electron chi connectivity index (χ1n) is 5.40. The molecule has 0 aromatic heterocycles. The third-order valence-electron chi connectivity index (χ3n) is 2.75. The van der Waals surface area contributed by atoms with Gasteiger partial charge in [-0.1, -0.05) is 45.0 Å². The lowest BCUT2D eigenvalue weighted by Gasteiger charge is -2.20. The van der Waals surface area contributed by atoms with Crippen LogP contribution in [0.5, 0.6) is 0 Å². The van der Waals surface area contributed by atoms with Gasteiger partial charge in [-0.2, -0.15) is 0 Å². The molecule has 1 aromatic rings. The predicted octanol–water partition coefficient (Wildman–Crippen LogP) is 2.02. The lowest BCUT2D eigenvalue weighted by Crippen LogP contribution is -2.16. The topological polar surface area (TPSA) is 46.2 Å². The second-order valence-electron chi connectivity index (χ2n) is 4.99. The van der Waals surface area contributed by atoms with Crippen LogP contribution < -0.4 is 5.73 Å². The van der Waals surface area contributed by atoms with Gasteiger partial charge in [0.25, 0.3) is 0 Å². The predicted molar refractivity (Wildman–Crippen MR) is 64.0 cm³/mol. The molecule has 1 atom stereocenters. The zero-order valence-corrected chi connectivity index (χ0v) is 9.83. The molecule has 0 saturated carbocycles. The van der Waals surface area contributed by atoms with Gasteiger partial charge >= 0.3 is 0 Å².